The number of rotatable bonds is 2. The van der Waals surface area contributed by atoms with E-state index in [9.17, 15) is 4.79 Å². The number of carbonyl (C=O) groups excluding carboxylic acids is 1. The molecule has 0 fully saturated rings. The van der Waals surface area contributed by atoms with E-state index in [1.807, 2.05) is 39.0 Å². The Morgan fingerprint density at radius 1 is 1.50 bits per heavy atom. The zero-order valence-corrected chi connectivity index (χ0v) is 12.6. The van der Waals surface area contributed by atoms with Gasteiger partial charge < -0.3 is 20.1 Å². The molecule has 1 aromatic carbocycles. The van der Waals surface area contributed by atoms with E-state index in [1.165, 1.54) is 0 Å². The Morgan fingerprint density at radius 3 is 2.95 bits per heavy atom. The molecule has 0 unspecified atom stereocenters. The van der Waals surface area contributed by atoms with Crippen molar-refractivity contribution in [2.75, 3.05) is 11.9 Å². The number of fused-ring (bicyclic) bond motifs is 1. The fraction of sp³-hybridized carbons (Fsp3) is 0.429. The monoisotopic (exact) mass is 294 g/mol. The Balaban J connectivity index is 1.96. The second kappa shape index (κ2) is 5.66. The van der Waals surface area contributed by atoms with E-state index in [-0.39, 0.29) is 0 Å². The van der Waals surface area contributed by atoms with Gasteiger partial charge in [-0.2, -0.15) is 0 Å². The van der Waals surface area contributed by atoms with Gasteiger partial charge in [0.25, 0.3) is 0 Å². The first-order chi connectivity index (χ1) is 9.33. The van der Waals surface area contributed by atoms with E-state index in [4.69, 9.17) is 21.7 Å². The van der Waals surface area contributed by atoms with Crippen LogP contribution in [0, 0.1) is 0 Å². The number of hydrogen-bond donors (Lipinski definition) is 2. The van der Waals surface area contributed by atoms with E-state index in [0.29, 0.717) is 18.1 Å². The van der Waals surface area contributed by atoms with E-state index in [2.05, 4.69) is 10.6 Å². The third kappa shape index (κ3) is 4.09. The van der Waals surface area contributed by atoms with Gasteiger partial charge in [-0.3, -0.25) is 0 Å². The first-order valence-corrected chi connectivity index (χ1v) is 6.77. The quantitative estimate of drug-likeness (QED) is 0.821. The topological polar surface area (TPSA) is 59.6 Å². The zero-order valence-electron chi connectivity index (χ0n) is 11.8. The SMILES string of the molecule is CC(C)(C)OC(=O)NCc1ccc2c(c1)NC(=S)CO2. The van der Waals surface area contributed by atoms with E-state index in [1.54, 1.807) is 0 Å². The highest BCUT2D eigenvalue weighted by molar-refractivity contribution is 7.80. The maximum absolute atomic E-state index is 11.6. The van der Waals surface area contributed by atoms with Crippen molar-refractivity contribution in [3.05, 3.63) is 23.8 Å². The lowest BCUT2D eigenvalue weighted by atomic mass is 10.1. The third-order valence-corrected chi connectivity index (χ3v) is 2.73. The third-order valence-electron chi connectivity index (χ3n) is 2.51. The van der Waals surface area contributed by atoms with Crippen LogP contribution >= 0.6 is 12.2 Å². The van der Waals surface area contributed by atoms with Crippen LogP contribution in [0.5, 0.6) is 5.75 Å². The summed E-state index contributed by atoms with van der Waals surface area (Å²) in [5, 5.41) is 5.80. The summed E-state index contributed by atoms with van der Waals surface area (Å²) in [4.78, 5) is 12.2. The molecule has 1 amide bonds. The van der Waals surface area contributed by atoms with Gasteiger partial charge in [0.1, 0.15) is 22.9 Å². The van der Waals surface area contributed by atoms with Gasteiger partial charge in [0.15, 0.2) is 0 Å². The lowest BCUT2D eigenvalue weighted by Crippen LogP contribution is -2.32. The first kappa shape index (κ1) is 14.6. The van der Waals surface area contributed by atoms with Gasteiger partial charge in [0.05, 0.1) is 5.69 Å². The first-order valence-electron chi connectivity index (χ1n) is 6.36. The Kier molecular flexibility index (Phi) is 4.13. The molecule has 5 nitrogen and oxygen atoms in total. The standard InChI is InChI=1S/C14H18N2O3S/c1-14(2,3)19-13(17)15-7-9-4-5-11-10(6-9)16-12(20)8-18-11/h4-6H,7-8H2,1-3H3,(H,15,17)(H,16,20). The van der Waals surface area contributed by atoms with Crippen LogP contribution in [0.3, 0.4) is 0 Å². The number of nitrogens with one attached hydrogen (secondary N) is 2. The number of anilines is 1. The summed E-state index contributed by atoms with van der Waals surface area (Å²) in [6.07, 6.45) is -0.435. The summed E-state index contributed by atoms with van der Waals surface area (Å²) >= 11 is 5.07. The minimum atomic E-state index is -0.498. The summed E-state index contributed by atoms with van der Waals surface area (Å²) in [6, 6.07) is 5.65. The second-order valence-corrected chi connectivity index (χ2v) is 6.02. The molecule has 0 radical (unpaired) electrons. The average molecular weight is 294 g/mol. The number of amides is 1. The molecule has 0 bridgehead atoms. The van der Waals surface area contributed by atoms with Crippen molar-refractivity contribution in [2.45, 2.75) is 32.9 Å². The molecular formula is C14H18N2O3S. The molecule has 108 valence electrons. The molecule has 0 aromatic heterocycles. The van der Waals surface area contributed by atoms with Crippen molar-refractivity contribution in [3.8, 4) is 5.75 Å². The van der Waals surface area contributed by atoms with Crippen molar-refractivity contribution in [3.63, 3.8) is 0 Å². The number of alkyl carbamates (subject to hydrolysis) is 1. The maximum atomic E-state index is 11.6. The van der Waals surface area contributed by atoms with Crippen molar-refractivity contribution in [1.82, 2.24) is 5.32 Å². The largest absolute Gasteiger partial charge is 0.484 e. The zero-order chi connectivity index (χ0) is 14.8. The summed E-state index contributed by atoms with van der Waals surface area (Å²) in [7, 11) is 0. The van der Waals surface area contributed by atoms with Crippen LogP contribution in [0.2, 0.25) is 0 Å². The van der Waals surface area contributed by atoms with Gasteiger partial charge >= 0.3 is 6.09 Å². The van der Waals surface area contributed by atoms with Crippen LogP contribution in [0.1, 0.15) is 26.3 Å². The van der Waals surface area contributed by atoms with Crippen LogP contribution in [0.4, 0.5) is 10.5 Å². The average Bonchev–Trinajstić information content (AvgIpc) is 2.33. The Bertz CT molecular complexity index is 538. The summed E-state index contributed by atoms with van der Waals surface area (Å²) in [6.45, 7) is 6.27. The molecule has 0 spiro atoms. The Morgan fingerprint density at radius 2 is 2.25 bits per heavy atom. The molecule has 1 aliphatic heterocycles. The maximum Gasteiger partial charge on any atom is 0.407 e. The minimum Gasteiger partial charge on any atom is -0.484 e. The van der Waals surface area contributed by atoms with Gasteiger partial charge in [-0.1, -0.05) is 18.3 Å². The molecule has 0 saturated carbocycles. The van der Waals surface area contributed by atoms with Crippen LogP contribution < -0.4 is 15.4 Å². The molecular weight excluding hydrogens is 276 g/mol. The number of hydrogen-bond acceptors (Lipinski definition) is 4. The highest BCUT2D eigenvalue weighted by Gasteiger charge is 2.17. The molecule has 0 saturated heterocycles. The highest BCUT2D eigenvalue weighted by Crippen LogP contribution is 2.28. The molecule has 0 atom stereocenters. The molecule has 1 heterocycles. The fourth-order valence-electron chi connectivity index (χ4n) is 1.73. The van der Waals surface area contributed by atoms with Crippen LogP contribution in [0.25, 0.3) is 0 Å². The van der Waals surface area contributed by atoms with Crippen molar-refractivity contribution >= 4 is 29.0 Å². The van der Waals surface area contributed by atoms with Gasteiger partial charge in [0.2, 0.25) is 0 Å². The number of carbonyl (C=O) groups is 1. The molecule has 1 aromatic rings. The lowest BCUT2D eigenvalue weighted by Gasteiger charge is -2.21. The molecule has 0 aliphatic carbocycles. The van der Waals surface area contributed by atoms with Crippen LogP contribution in [-0.2, 0) is 11.3 Å². The summed E-state index contributed by atoms with van der Waals surface area (Å²) < 4.78 is 10.6. The van der Waals surface area contributed by atoms with Gasteiger partial charge in [-0.25, -0.2) is 4.79 Å². The number of ether oxygens (including phenoxy) is 2. The Hall–Kier alpha value is -1.82. The van der Waals surface area contributed by atoms with Crippen LogP contribution in [-0.4, -0.2) is 23.3 Å². The number of benzene rings is 1. The Labute approximate surface area is 123 Å². The predicted molar refractivity (Wildman–Crippen MR) is 81.2 cm³/mol. The van der Waals surface area contributed by atoms with Crippen molar-refractivity contribution in [1.29, 1.82) is 0 Å². The van der Waals surface area contributed by atoms with Gasteiger partial charge in [-0.15, -0.1) is 0 Å². The molecule has 2 rings (SSSR count). The van der Waals surface area contributed by atoms with Crippen LogP contribution in [0.15, 0.2) is 18.2 Å². The molecule has 20 heavy (non-hydrogen) atoms. The summed E-state index contributed by atoms with van der Waals surface area (Å²) in [5.41, 5.74) is 1.27. The second-order valence-electron chi connectivity index (χ2n) is 5.52. The van der Waals surface area contributed by atoms with Gasteiger partial charge in [-0.05, 0) is 38.5 Å². The molecule has 6 heteroatoms. The molecule has 2 N–H and O–H groups in total. The lowest BCUT2D eigenvalue weighted by molar-refractivity contribution is 0.0523. The van der Waals surface area contributed by atoms with E-state index in [0.717, 1.165) is 17.0 Å². The minimum absolute atomic E-state index is 0.386. The van der Waals surface area contributed by atoms with Crippen molar-refractivity contribution < 1.29 is 14.3 Å². The fourth-order valence-corrected chi connectivity index (χ4v) is 1.90. The predicted octanol–water partition coefficient (Wildman–Crippen LogP) is 2.84. The smallest absolute Gasteiger partial charge is 0.407 e. The normalized spacial score (nSPS) is 13.8. The highest BCUT2D eigenvalue weighted by atomic mass is 32.1. The molecule has 1 aliphatic rings. The van der Waals surface area contributed by atoms with E-state index >= 15 is 0 Å². The number of thiocarbonyl (C=S) groups is 1. The van der Waals surface area contributed by atoms with E-state index < -0.39 is 11.7 Å². The van der Waals surface area contributed by atoms with Gasteiger partial charge in [0, 0.05) is 6.54 Å². The van der Waals surface area contributed by atoms with Crippen molar-refractivity contribution in [2.24, 2.45) is 0 Å². The summed E-state index contributed by atoms with van der Waals surface area (Å²) in [5.74, 6) is 0.764.